The lowest BCUT2D eigenvalue weighted by Crippen LogP contribution is -2.22. The number of carbonyl (C=O) groups is 1. The van der Waals surface area contributed by atoms with Gasteiger partial charge in [0, 0.05) is 12.1 Å². The van der Waals surface area contributed by atoms with Crippen molar-refractivity contribution >= 4 is 5.91 Å². The van der Waals surface area contributed by atoms with Gasteiger partial charge in [-0.1, -0.05) is 18.2 Å². The molecule has 0 saturated carbocycles. The molecule has 2 aromatic carbocycles. The number of benzene rings is 2. The molecule has 0 aliphatic heterocycles. The lowest BCUT2D eigenvalue weighted by Gasteiger charge is -2.06. The smallest absolute Gasteiger partial charge is 0.251 e. The highest BCUT2D eigenvalue weighted by molar-refractivity contribution is 5.93. The van der Waals surface area contributed by atoms with Gasteiger partial charge in [0.1, 0.15) is 5.75 Å². The normalized spacial score (nSPS) is 9.83. The van der Waals surface area contributed by atoms with E-state index >= 15 is 0 Å². The van der Waals surface area contributed by atoms with Crippen LogP contribution in [0.4, 0.5) is 0 Å². The van der Waals surface area contributed by atoms with Crippen molar-refractivity contribution in [1.29, 1.82) is 0 Å². The zero-order valence-electron chi connectivity index (χ0n) is 10.1. The third kappa shape index (κ3) is 3.10. The van der Waals surface area contributed by atoms with Gasteiger partial charge in [-0.2, -0.15) is 0 Å². The first-order chi connectivity index (χ1) is 8.79. The van der Waals surface area contributed by atoms with Crippen molar-refractivity contribution in [1.82, 2.24) is 5.32 Å². The monoisotopic (exact) mass is 239 g/mol. The van der Waals surface area contributed by atoms with Crippen LogP contribution in [0.2, 0.25) is 0 Å². The van der Waals surface area contributed by atoms with E-state index in [2.05, 4.69) is 17.4 Å². The zero-order valence-corrected chi connectivity index (χ0v) is 10.1. The van der Waals surface area contributed by atoms with Gasteiger partial charge in [0.2, 0.25) is 0 Å². The molecule has 0 unspecified atom stereocenters. The van der Waals surface area contributed by atoms with E-state index in [-0.39, 0.29) is 5.91 Å². The summed E-state index contributed by atoms with van der Waals surface area (Å²) in [4.78, 5) is 11.8. The molecule has 0 aliphatic rings. The minimum absolute atomic E-state index is 0.115. The molecule has 0 atom stereocenters. The molecule has 2 rings (SSSR count). The maximum atomic E-state index is 11.8. The summed E-state index contributed by atoms with van der Waals surface area (Å²) in [5.74, 6) is 0.689. The molecule has 0 bridgehead atoms. The summed E-state index contributed by atoms with van der Waals surface area (Å²) in [5.41, 5.74) is 1.61. The van der Waals surface area contributed by atoms with E-state index in [0.717, 1.165) is 11.3 Å². The number of amides is 1. The molecule has 0 aromatic heterocycles. The van der Waals surface area contributed by atoms with Gasteiger partial charge in [-0.25, -0.2) is 0 Å². The molecule has 3 heteroatoms. The first-order valence-corrected chi connectivity index (χ1v) is 5.58. The Bertz CT molecular complexity index is 506. The molecule has 1 amide bonds. The predicted molar refractivity (Wildman–Crippen MR) is 68.3 cm³/mol. The van der Waals surface area contributed by atoms with Crippen molar-refractivity contribution in [2.24, 2.45) is 0 Å². The summed E-state index contributed by atoms with van der Waals surface area (Å²) in [5, 5.41) is 2.84. The second-order valence-electron chi connectivity index (χ2n) is 3.75. The van der Waals surface area contributed by atoms with Gasteiger partial charge in [0.15, 0.2) is 0 Å². The fourth-order valence-electron chi connectivity index (χ4n) is 1.52. The van der Waals surface area contributed by atoms with Gasteiger partial charge < -0.3 is 10.1 Å². The van der Waals surface area contributed by atoms with Crippen molar-refractivity contribution in [2.75, 3.05) is 7.11 Å². The lowest BCUT2D eigenvalue weighted by molar-refractivity contribution is 0.0951. The van der Waals surface area contributed by atoms with Crippen LogP contribution >= 0.6 is 0 Å². The molecule has 2 radical (unpaired) electrons. The molecule has 2 aromatic rings. The van der Waals surface area contributed by atoms with Gasteiger partial charge in [-0.15, -0.1) is 0 Å². The Morgan fingerprint density at radius 3 is 2.61 bits per heavy atom. The Balaban J connectivity index is 1.93. The number of hydrogen-bond acceptors (Lipinski definition) is 2. The van der Waals surface area contributed by atoms with Crippen molar-refractivity contribution in [3.8, 4) is 5.75 Å². The Labute approximate surface area is 106 Å². The number of hydrogen-bond donors (Lipinski definition) is 1. The van der Waals surface area contributed by atoms with E-state index in [1.807, 2.05) is 24.3 Å². The zero-order chi connectivity index (χ0) is 12.8. The second-order valence-corrected chi connectivity index (χ2v) is 3.75. The van der Waals surface area contributed by atoms with E-state index in [1.165, 1.54) is 0 Å². The van der Waals surface area contributed by atoms with Crippen LogP contribution in [0.3, 0.4) is 0 Å². The van der Waals surface area contributed by atoms with Crippen molar-refractivity contribution < 1.29 is 9.53 Å². The van der Waals surface area contributed by atoms with Crippen LogP contribution in [0.5, 0.6) is 5.75 Å². The van der Waals surface area contributed by atoms with Crippen LogP contribution in [0.25, 0.3) is 0 Å². The highest BCUT2D eigenvalue weighted by atomic mass is 16.5. The summed E-state index contributed by atoms with van der Waals surface area (Å²) in [6.07, 6.45) is 0. The number of nitrogens with one attached hydrogen (secondary N) is 1. The Kier molecular flexibility index (Phi) is 3.97. The SMILES string of the molecule is COc1ccc(CNC(=O)c2c[c][c]cc2)cc1. The molecule has 0 heterocycles. The van der Waals surface area contributed by atoms with Crippen molar-refractivity contribution in [3.63, 3.8) is 0 Å². The molecule has 0 aliphatic carbocycles. The summed E-state index contributed by atoms with van der Waals surface area (Å²) in [6.45, 7) is 0.488. The largest absolute Gasteiger partial charge is 0.497 e. The molecular formula is C15H13NO2. The minimum Gasteiger partial charge on any atom is -0.497 e. The average molecular weight is 239 g/mol. The summed E-state index contributed by atoms with van der Waals surface area (Å²) >= 11 is 0. The molecule has 3 nitrogen and oxygen atoms in total. The topological polar surface area (TPSA) is 38.3 Å². The fraction of sp³-hybridized carbons (Fsp3) is 0.133. The third-order valence-corrected chi connectivity index (χ3v) is 2.53. The van der Waals surface area contributed by atoms with Crippen LogP contribution in [-0.2, 0) is 6.54 Å². The van der Waals surface area contributed by atoms with Gasteiger partial charge in [0.25, 0.3) is 5.91 Å². The molecule has 0 spiro atoms. The van der Waals surface area contributed by atoms with Crippen LogP contribution in [0.1, 0.15) is 15.9 Å². The Hall–Kier alpha value is -2.29. The summed E-state index contributed by atoms with van der Waals surface area (Å²) < 4.78 is 5.07. The van der Waals surface area contributed by atoms with Gasteiger partial charge in [0.05, 0.1) is 7.11 Å². The van der Waals surface area contributed by atoms with E-state index in [9.17, 15) is 4.79 Å². The highest BCUT2D eigenvalue weighted by Crippen LogP contribution is 2.11. The minimum atomic E-state index is -0.115. The van der Waals surface area contributed by atoms with Crippen molar-refractivity contribution in [3.05, 3.63) is 65.7 Å². The Morgan fingerprint density at radius 1 is 1.22 bits per heavy atom. The summed E-state index contributed by atoms with van der Waals surface area (Å²) in [6, 6.07) is 18.1. The molecule has 90 valence electrons. The average Bonchev–Trinajstić information content (AvgIpc) is 2.46. The third-order valence-electron chi connectivity index (χ3n) is 2.53. The number of methoxy groups -OCH3 is 1. The van der Waals surface area contributed by atoms with Crippen LogP contribution in [0, 0.1) is 12.1 Å². The van der Waals surface area contributed by atoms with Gasteiger partial charge in [-0.3, -0.25) is 4.79 Å². The maximum absolute atomic E-state index is 11.8. The van der Waals surface area contributed by atoms with E-state index in [0.29, 0.717) is 12.1 Å². The van der Waals surface area contributed by atoms with Crippen molar-refractivity contribution in [2.45, 2.75) is 6.54 Å². The number of rotatable bonds is 4. The van der Waals surface area contributed by atoms with Crippen LogP contribution in [0.15, 0.2) is 42.5 Å². The molecule has 1 N–H and O–H groups in total. The fourth-order valence-corrected chi connectivity index (χ4v) is 1.52. The first kappa shape index (κ1) is 12.2. The van der Waals surface area contributed by atoms with Crippen LogP contribution < -0.4 is 10.1 Å². The second kappa shape index (κ2) is 5.87. The standard InChI is InChI=1S/C15H13NO2/c1-18-14-9-7-12(8-10-14)11-16-15(17)13-5-3-2-4-6-13/h3,5-10H,11H2,1H3,(H,16,17). The quantitative estimate of drug-likeness (QED) is 0.888. The number of ether oxygens (including phenoxy) is 1. The molecule has 0 saturated heterocycles. The maximum Gasteiger partial charge on any atom is 0.251 e. The predicted octanol–water partition coefficient (Wildman–Crippen LogP) is 2.23. The number of carbonyl (C=O) groups excluding carboxylic acids is 1. The molecular weight excluding hydrogens is 226 g/mol. The first-order valence-electron chi connectivity index (χ1n) is 5.58. The van der Waals surface area contributed by atoms with E-state index in [4.69, 9.17) is 4.74 Å². The van der Waals surface area contributed by atoms with Crippen LogP contribution in [-0.4, -0.2) is 13.0 Å². The lowest BCUT2D eigenvalue weighted by atomic mass is 10.2. The van der Waals surface area contributed by atoms with Gasteiger partial charge >= 0.3 is 0 Å². The molecule has 0 fully saturated rings. The van der Waals surface area contributed by atoms with E-state index in [1.54, 1.807) is 25.3 Å². The van der Waals surface area contributed by atoms with E-state index < -0.39 is 0 Å². The van der Waals surface area contributed by atoms with Gasteiger partial charge in [-0.05, 0) is 42.0 Å². The molecule has 18 heavy (non-hydrogen) atoms. The Morgan fingerprint density at radius 2 is 2.00 bits per heavy atom. The highest BCUT2D eigenvalue weighted by Gasteiger charge is 2.03. The summed E-state index contributed by atoms with van der Waals surface area (Å²) in [7, 11) is 1.62.